The summed E-state index contributed by atoms with van der Waals surface area (Å²) in [5, 5.41) is 11.5. The predicted octanol–water partition coefficient (Wildman–Crippen LogP) is 2.90. The lowest BCUT2D eigenvalue weighted by molar-refractivity contribution is 0.0778. The number of nitrogens with zero attached hydrogens (tertiary/aromatic N) is 3. The van der Waals surface area contributed by atoms with Crippen LogP contribution < -0.4 is 10.6 Å². The Kier molecular flexibility index (Phi) is 7.94. The SMILES string of the molecule is CCNC(=NCC1(CCOC)CCC1)NCC(C)Cn1nc(C)cc1C. The molecule has 1 aromatic rings. The van der Waals surface area contributed by atoms with Crippen LogP contribution in [0.1, 0.15) is 50.9 Å². The zero-order chi connectivity index (χ0) is 19.0. The lowest BCUT2D eigenvalue weighted by atomic mass is 9.67. The predicted molar refractivity (Wildman–Crippen MR) is 108 cm³/mol. The second kappa shape index (κ2) is 9.95. The number of rotatable bonds is 10. The summed E-state index contributed by atoms with van der Waals surface area (Å²) in [6.45, 7) is 12.9. The van der Waals surface area contributed by atoms with Crippen molar-refractivity contribution in [2.24, 2.45) is 16.3 Å². The number of guanidine groups is 1. The Bertz CT molecular complexity index is 577. The molecule has 0 radical (unpaired) electrons. The van der Waals surface area contributed by atoms with Crippen molar-refractivity contribution in [2.75, 3.05) is 33.4 Å². The van der Waals surface area contributed by atoms with Crippen LogP contribution in [0, 0.1) is 25.2 Å². The molecule has 1 saturated carbocycles. The number of aliphatic imine (C=N–C) groups is 1. The van der Waals surface area contributed by atoms with Gasteiger partial charge in [-0.15, -0.1) is 0 Å². The molecule has 1 unspecified atom stereocenters. The molecule has 1 fully saturated rings. The number of hydrogen-bond donors (Lipinski definition) is 2. The Balaban J connectivity index is 1.85. The molecule has 1 heterocycles. The first-order chi connectivity index (χ1) is 12.5. The van der Waals surface area contributed by atoms with Gasteiger partial charge in [0.1, 0.15) is 0 Å². The van der Waals surface area contributed by atoms with E-state index in [0.717, 1.165) is 50.9 Å². The molecule has 0 aromatic carbocycles. The van der Waals surface area contributed by atoms with E-state index in [2.05, 4.69) is 47.3 Å². The average Bonchev–Trinajstić information content (AvgIpc) is 2.88. The Hall–Kier alpha value is -1.56. The Morgan fingerprint density at radius 1 is 1.38 bits per heavy atom. The van der Waals surface area contributed by atoms with Gasteiger partial charge in [-0.3, -0.25) is 9.67 Å². The first-order valence-electron chi connectivity index (χ1n) is 10.00. The zero-order valence-electron chi connectivity index (χ0n) is 17.3. The Labute approximate surface area is 158 Å². The van der Waals surface area contributed by atoms with Crippen molar-refractivity contribution in [3.05, 3.63) is 17.5 Å². The van der Waals surface area contributed by atoms with E-state index in [4.69, 9.17) is 9.73 Å². The van der Waals surface area contributed by atoms with Gasteiger partial charge >= 0.3 is 0 Å². The maximum absolute atomic E-state index is 5.29. The molecule has 1 aliphatic rings. The number of aryl methyl sites for hydroxylation is 2. The third kappa shape index (κ3) is 6.01. The third-order valence-corrected chi connectivity index (χ3v) is 5.37. The molecule has 6 nitrogen and oxygen atoms in total. The van der Waals surface area contributed by atoms with E-state index >= 15 is 0 Å². The summed E-state index contributed by atoms with van der Waals surface area (Å²) in [6, 6.07) is 2.13. The fraction of sp³-hybridized carbons (Fsp3) is 0.800. The summed E-state index contributed by atoms with van der Waals surface area (Å²) < 4.78 is 7.38. The highest BCUT2D eigenvalue weighted by atomic mass is 16.5. The zero-order valence-corrected chi connectivity index (χ0v) is 17.3. The van der Waals surface area contributed by atoms with E-state index < -0.39 is 0 Å². The maximum atomic E-state index is 5.29. The summed E-state index contributed by atoms with van der Waals surface area (Å²) in [6.07, 6.45) is 4.98. The molecule has 0 bridgehead atoms. The van der Waals surface area contributed by atoms with Gasteiger partial charge in [-0.05, 0) is 57.4 Å². The molecule has 2 N–H and O–H groups in total. The molecule has 1 atom stereocenters. The van der Waals surface area contributed by atoms with Gasteiger partial charge in [-0.1, -0.05) is 13.3 Å². The number of nitrogens with one attached hydrogen (secondary N) is 2. The van der Waals surface area contributed by atoms with Gasteiger partial charge in [0.05, 0.1) is 5.69 Å². The van der Waals surface area contributed by atoms with Crippen LogP contribution in [0.3, 0.4) is 0 Å². The smallest absolute Gasteiger partial charge is 0.191 e. The van der Waals surface area contributed by atoms with Crippen molar-refractivity contribution in [1.29, 1.82) is 0 Å². The Morgan fingerprint density at radius 3 is 2.69 bits per heavy atom. The van der Waals surface area contributed by atoms with Crippen molar-refractivity contribution in [1.82, 2.24) is 20.4 Å². The van der Waals surface area contributed by atoms with Crippen molar-refractivity contribution in [2.45, 2.75) is 59.9 Å². The molecule has 0 amide bonds. The van der Waals surface area contributed by atoms with E-state index in [-0.39, 0.29) is 0 Å². The molecule has 0 spiro atoms. The molecule has 1 aliphatic carbocycles. The van der Waals surface area contributed by atoms with Gasteiger partial charge in [0, 0.05) is 45.6 Å². The molecule has 0 aliphatic heterocycles. The standard InChI is InChI=1S/C20H37N5O/c1-6-21-19(23-15-20(8-7-9-20)10-11-26-5)22-13-16(2)14-25-18(4)12-17(3)24-25/h12,16H,6-11,13-15H2,1-5H3,(H2,21,22,23). The normalized spacial score (nSPS) is 17.7. The molecular weight excluding hydrogens is 326 g/mol. The molecule has 2 rings (SSSR count). The second-order valence-electron chi connectivity index (χ2n) is 7.89. The van der Waals surface area contributed by atoms with Crippen LogP contribution in [-0.4, -0.2) is 49.1 Å². The van der Waals surface area contributed by atoms with Crippen LogP contribution in [0.4, 0.5) is 0 Å². The first-order valence-corrected chi connectivity index (χ1v) is 10.00. The fourth-order valence-electron chi connectivity index (χ4n) is 3.56. The van der Waals surface area contributed by atoms with Crippen molar-refractivity contribution in [3.63, 3.8) is 0 Å². The van der Waals surface area contributed by atoms with E-state index in [9.17, 15) is 0 Å². The monoisotopic (exact) mass is 363 g/mol. The number of aromatic nitrogens is 2. The minimum Gasteiger partial charge on any atom is -0.385 e. The van der Waals surface area contributed by atoms with Gasteiger partial charge in [0.15, 0.2) is 5.96 Å². The van der Waals surface area contributed by atoms with Gasteiger partial charge in [-0.2, -0.15) is 5.10 Å². The van der Waals surface area contributed by atoms with Crippen molar-refractivity contribution in [3.8, 4) is 0 Å². The highest BCUT2D eigenvalue weighted by Gasteiger charge is 2.36. The van der Waals surface area contributed by atoms with E-state index in [1.165, 1.54) is 25.0 Å². The van der Waals surface area contributed by atoms with Crippen molar-refractivity contribution >= 4 is 5.96 Å². The molecule has 6 heteroatoms. The molecular formula is C20H37N5O. The first kappa shape index (κ1) is 20.7. The highest BCUT2D eigenvalue weighted by molar-refractivity contribution is 5.79. The summed E-state index contributed by atoms with van der Waals surface area (Å²) in [5.41, 5.74) is 2.66. The van der Waals surface area contributed by atoms with Gasteiger partial charge < -0.3 is 15.4 Å². The summed E-state index contributed by atoms with van der Waals surface area (Å²) in [4.78, 5) is 4.88. The minimum absolute atomic E-state index is 0.355. The maximum Gasteiger partial charge on any atom is 0.191 e. The molecule has 148 valence electrons. The molecule has 1 aromatic heterocycles. The van der Waals surface area contributed by atoms with Crippen LogP contribution >= 0.6 is 0 Å². The summed E-state index contributed by atoms with van der Waals surface area (Å²) in [7, 11) is 1.78. The summed E-state index contributed by atoms with van der Waals surface area (Å²) in [5.74, 6) is 1.40. The molecule has 0 saturated heterocycles. The largest absolute Gasteiger partial charge is 0.385 e. The fourth-order valence-corrected chi connectivity index (χ4v) is 3.56. The Morgan fingerprint density at radius 2 is 2.15 bits per heavy atom. The lowest BCUT2D eigenvalue weighted by Gasteiger charge is -2.40. The van der Waals surface area contributed by atoms with E-state index in [0.29, 0.717) is 11.3 Å². The summed E-state index contributed by atoms with van der Waals surface area (Å²) >= 11 is 0. The lowest BCUT2D eigenvalue weighted by Crippen LogP contribution is -2.42. The number of methoxy groups -OCH3 is 1. The van der Waals surface area contributed by atoms with Gasteiger partial charge in [0.2, 0.25) is 0 Å². The highest BCUT2D eigenvalue weighted by Crippen LogP contribution is 2.44. The van der Waals surface area contributed by atoms with Crippen LogP contribution in [0.25, 0.3) is 0 Å². The van der Waals surface area contributed by atoms with E-state index in [1.54, 1.807) is 7.11 Å². The van der Waals surface area contributed by atoms with Gasteiger partial charge in [0.25, 0.3) is 0 Å². The van der Waals surface area contributed by atoms with Gasteiger partial charge in [-0.25, -0.2) is 0 Å². The van der Waals surface area contributed by atoms with Crippen molar-refractivity contribution < 1.29 is 4.74 Å². The second-order valence-corrected chi connectivity index (χ2v) is 7.89. The van der Waals surface area contributed by atoms with Crippen LogP contribution in [0.5, 0.6) is 0 Å². The average molecular weight is 364 g/mol. The molecule has 26 heavy (non-hydrogen) atoms. The number of hydrogen-bond acceptors (Lipinski definition) is 3. The van der Waals surface area contributed by atoms with Crippen LogP contribution in [0.15, 0.2) is 11.1 Å². The van der Waals surface area contributed by atoms with Crippen LogP contribution in [0.2, 0.25) is 0 Å². The number of ether oxygens (including phenoxy) is 1. The topological polar surface area (TPSA) is 63.5 Å². The third-order valence-electron chi connectivity index (χ3n) is 5.37. The quantitative estimate of drug-likeness (QED) is 0.496. The van der Waals surface area contributed by atoms with E-state index in [1.807, 2.05) is 6.92 Å². The minimum atomic E-state index is 0.355. The van der Waals surface area contributed by atoms with Crippen LogP contribution in [-0.2, 0) is 11.3 Å².